The average Bonchev–Trinajstić information content (AvgIpc) is 2.42. The highest BCUT2D eigenvalue weighted by atomic mass is 35.5. The summed E-state index contributed by atoms with van der Waals surface area (Å²) in [6.07, 6.45) is 0. The van der Waals surface area contributed by atoms with Gasteiger partial charge < -0.3 is 4.90 Å². The lowest BCUT2D eigenvalue weighted by atomic mass is 10.1. The molecule has 0 bridgehead atoms. The van der Waals surface area contributed by atoms with E-state index in [1.807, 2.05) is 26.2 Å². The molecule has 16 heavy (non-hydrogen) atoms. The highest BCUT2D eigenvalue weighted by molar-refractivity contribution is 8.14. The molecule has 2 rings (SSSR count). The maximum Gasteiger partial charge on any atom is 0.220 e. The molecular formula is C11H13Cl2NOS. The number of carbonyl (C=O) groups excluding carboxylic acids is 1. The van der Waals surface area contributed by atoms with E-state index >= 15 is 0 Å². The van der Waals surface area contributed by atoms with Crippen LogP contribution in [-0.2, 0) is 0 Å². The van der Waals surface area contributed by atoms with E-state index < -0.39 is 0 Å². The fourth-order valence-corrected chi connectivity index (χ4v) is 3.15. The molecule has 1 aliphatic rings. The predicted octanol–water partition coefficient (Wildman–Crippen LogP) is 3.25. The highest BCUT2D eigenvalue weighted by Gasteiger charge is 2.30. The Morgan fingerprint density at radius 1 is 1.44 bits per heavy atom. The van der Waals surface area contributed by atoms with Crippen LogP contribution in [0.2, 0.25) is 5.02 Å². The molecule has 2 nitrogen and oxygen atoms in total. The third kappa shape index (κ3) is 2.72. The van der Waals surface area contributed by atoms with Gasteiger partial charge in [0.25, 0.3) is 0 Å². The van der Waals surface area contributed by atoms with Crippen molar-refractivity contribution in [3.8, 4) is 0 Å². The van der Waals surface area contributed by atoms with Crippen molar-refractivity contribution in [2.24, 2.45) is 0 Å². The van der Waals surface area contributed by atoms with Gasteiger partial charge in [-0.15, -0.1) is 12.4 Å². The lowest BCUT2D eigenvalue weighted by molar-refractivity contribution is 0.109. The topological polar surface area (TPSA) is 20.3 Å². The summed E-state index contributed by atoms with van der Waals surface area (Å²) >= 11 is 7.26. The zero-order valence-electron chi connectivity index (χ0n) is 9.07. The van der Waals surface area contributed by atoms with Crippen molar-refractivity contribution >= 4 is 40.9 Å². The molecule has 5 heteroatoms. The Morgan fingerprint density at radius 2 is 2.12 bits per heavy atom. The first-order valence-corrected chi connectivity index (χ1v) is 5.99. The van der Waals surface area contributed by atoms with E-state index in [1.165, 1.54) is 11.8 Å². The lowest BCUT2D eigenvalue weighted by Crippen LogP contribution is -2.17. The van der Waals surface area contributed by atoms with Gasteiger partial charge in [-0.05, 0) is 31.8 Å². The van der Waals surface area contributed by atoms with Crippen molar-refractivity contribution in [2.75, 3.05) is 20.6 Å². The Hall–Kier alpha value is -0.220. The van der Waals surface area contributed by atoms with Crippen LogP contribution in [0.4, 0.5) is 0 Å². The number of rotatable bonds is 2. The Morgan fingerprint density at radius 3 is 2.75 bits per heavy atom. The zero-order valence-corrected chi connectivity index (χ0v) is 11.5. The summed E-state index contributed by atoms with van der Waals surface area (Å²) in [5.41, 5.74) is 1.89. The summed E-state index contributed by atoms with van der Waals surface area (Å²) in [5, 5.41) is 1.02. The van der Waals surface area contributed by atoms with Gasteiger partial charge in [-0.2, -0.15) is 0 Å². The number of halogens is 2. The molecule has 0 saturated carbocycles. The number of carbonyl (C=O) groups is 1. The van der Waals surface area contributed by atoms with Crippen LogP contribution in [0.3, 0.4) is 0 Å². The molecule has 0 N–H and O–H groups in total. The minimum Gasteiger partial charge on any atom is -0.308 e. The summed E-state index contributed by atoms with van der Waals surface area (Å²) in [6, 6.07) is 5.58. The van der Waals surface area contributed by atoms with E-state index in [0.717, 1.165) is 17.7 Å². The number of fused-ring (bicyclic) bond motifs is 1. The zero-order chi connectivity index (χ0) is 11.0. The van der Waals surface area contributed by atoms with Crippen molar-refractivity contribution in [1.82, 2.24) is 4.90 Å². The molecule has 1 aliphatic heterocycles. The van der Waals surface area contributed by atoms with Gasteiger partial charge in [-0.1, -0.05) is 29.4 Å². The Balaban J connectivity index is 0.00000128. The molecule has 0 amide bonds. The molecule has 1 atom stereocenters. The summed E-state index contributed by atoms with van der Waals surface area (Å²) in [4.78, 5) is 13.8. The molecule has 0 spiro atoms. The SMILES string of the molecule is CN(C)CC1SC(=O)c2cc(Cl)ccc21.Cl. The van der Waals surface area contributed by atoms with E-state index in [9.17, 15) is 4.79 Å². The number of nitrogens with zero attached hydrogens (tertiary/aromatic N) is 1. The second-order valence-electron chi connectivity index (χ2n) is 3.89. The Labute approximate surface area is 111 Å². The number of likely N-dealkylation sites (N-methyl/N-ethyl adjacent to an activating group) is 1. The van der Waals surface area contributed by atoms with Crippen LogP contribution >= 0.6 is 35.8 Å². The third-order valence-corrected chi connectivity index (χ3v) is 3.72. The minimum atomic E-state index is 0. The van der Waals surface area contributed by atoms with Crippen molar-refractivity contribution < 1.29 is 4.79 Å². The molecule has 88 valence electrons. The number of thioether (sulfide) groups is 1. The molecule has 1 unspecified atom stereocenters. The first-order valence-electron chi connectivity index (χ1n) is 4.73. The number of hydrogen-bond donors (Lipinski definition) is 0. The van der Waals surface area contributed by atoms with Crippen molar-refractivity contribution in [3.63, 3.8) is 0 Å². The van der Waals surface area contributed by atoms with E-state index in [0.29, 0.717) is 5.02 Å². The van der Waals surface area contributed by atoms with Gasteiger partial charge in [0.05, 0.1) is 5.25 Å². The second-order valence-corrected chi connectivity index (χ2v) is 5.50. The molecule has 1 heterocycles. The first kappa shape index (κ1) is 13.8. The quantitative estimate of drug-likeness (QED) is 0.828. The normalized spacial score (nSPS) is 18.5. The summed E-state index contributed by atoms with van der Waals surface area (Å²) in [7, 11) is 4.03. The van der Waals surface area contributed by atoms with Crippen LogP contribution in [0.15, 0.2) is 18.2 Å². The molecule has 0 radical (unpaired) electrons. The van der Waals surface area contributed by atoms with Crippen molar-refractivity contribution in [1.29, 1.82) is 0 Å². The third-order valence-electron chi connectivity index (χ3n) is 2.36. The molecule has 0 aliphatic carbocycles. The molecule has 0 aromatic heterocycles. The smallest absolute Gasteiger partial charge is 0.220 e. The molecule has 0 fully saturated rings. The molecular weight excluding hydrogens is 265 g/mol. The molecule has 1 aromatic carbocycles. The van der Waals surface area contributed by atoms with Gasteiger partial charge in [0.15, 0.2) is 0 Å². The van der Waals surface area contributed by atoms with Crippen LogP contribution in [0.1, 0.15) is 21.2 Å². The van der Waals surface area contributed by atoms with Gasteiger partial charge >= 0.3 is 0 Å². The lowest BCUT2D eigenvalue weighted by Gasteiger charge is -2.15. The Kier molecular flexibility index (Phi) is 4.68. The summed E-state index contributed by atoms with van der Waals surface area (Å²) in [6.45, 7) is 0.880. The van der Waals surface area contributed by atoms with Crippen LogP contribution in [0.5, 0.6) is 0 Å². The van der Waals surface area contributed by atoms with Crippen molar-refractivity contribution in [3.05, 3.63) is 34.3 Å². The van der Waals surface area contributed by atoms with Gasteiger partial charge in [-0.3, -0.25) is 4.79 Å². The van der Waals surface area contributed by atoms with Crippen LogP contribution in [-0.4, -0.2) is 30.7 Å². The summed E-state index contributed by atoms with van der Waals surface area (Å²) < 4.78 is 0. The summed E-state index contributed by atoms with van der Waals surface area (Å²) in [5.74, 6) is 0. The van der Waals surface area contributed by atoms with Gasteiger partial charge in [-0.25, -0.2) is 0 Å². The fourth-order valence-electron chi connectivity index (χ4n) is 1.71. The minimum absolute atomic E-state index is 0. The first-order chi connectivity index (χ1) is 7.08. The van der Waals surface area contributed by atoms with Gasteiger partial charge in [0.2, 0.25) is 5.12 Å². The van der Waals surface area contributed by atoms with E-state index in [4.69, 9.17) is 11.6 Å². The van der Waals surface area contributed by atoms with E-state index in [1.54, 1.807) is 6.07 Å². The number of benzene rings is 1. The maximum atomic E-state index is 11.7. The molecule has 0 saturated heterocycles. The van der Waals surface area contributed by atoms with E-state index in [-0.39, 0.29) is 22.8 Å². The van der Waals surface area contributed by atoms with Gasteiger partial charge in [0, 0.05) is 17.1 Å². The van der Waals surface area contributed by atoms with E-state index in [2.05, 4.69) is 4.90 Å². The largest absolute Gasteiger partial charge is 0.308 e. The van der Waals surface area contributed by atoms with Crippen molar-refractivity contribution in [2.45, 2.75) is 5.25 Å². The fraction of sp³-hybridized carbons (Fsp3) is 0.364. The Bertz CT molecular complexity index is 409. The molecule has 1 aromatic rings. The maximum absolute atomic E-state index is 11.7. The van der Waals surface area contributed by atoms with Crippen LogP contribution < -0.4 is 0 Å². The number of hydrogen-bond acceptors (Lipinski definition) is 3. The van der Waals surface area contributed by atoms with Crippen LogP contribution in [0.25, 0.3) is 0 Å². The monoisotopic (exact) mass is 277 g/mol. The van der Waals surface area contributed by atoms with Crippen LogP contribution in [0, 0.1) is 0 Å². The second kappa shape index (κ2) is 5.41. The average molecular weight is 278 g/mol. The highest BCUT2D eigenvalue weighted by Crippen LogP contribution is 2.42. The standard InChI is InChI=1S/C11H12ClNOS.ClH/c1-13(2)6-10-8-4-3-7(12)5-9(8)11(14)15-10;/h3-5,10H,6H2,1-2H3;1H. The van der Waals surface area contributed by atoms with Gasteiger partial charge in [0.1, 0.15) is 0 Å². The predicted molar refractivity (Wildman–Crippen MR) is 71.9 cm³/mol.